The topological polar surface area (TPSA) is 69.6 Å². The SMILES string of the molecule is CSCC(C)N(C)C(=O)Nc1cc(C(=O)O)ccc1Cl. The zero-order valence-corrected chi connectivity index (χ0v) is 13.1. The first-order valence-electron chi connectivity index (χ1n) is 5.92. The minimum absolute atomic E-state index is 0.0615. The van der Waals surface area contributed by atoms with Gasteiger partial charge in [-0.05, 0) is 31.4 Å². The Balaban J connectivity index is 2.84. The second kappa shape index (κ2) is 7.40. The van der Waals surface area contributed by atoms with Gasteiger partial charge in [0, 0.05) is 18.8 Å². The van der Waals surface area contributed by atoms with Gasteiger partial charge in [-0.15, -0.1) is 0 Å². The lowest BCUT2D eigenvalue weighted by molar-refractivity contribution is 0.0697. The van der Waals surface area contributed by atoms with Crippen molar-refractivity contribution in [3.05, 3.63) is 28.8 Å². The van der Waals surface area contributed by atoms with E-state index in [1.165, 1.54) is 18.2 Å². The number of urea groups is 1. The van der Waals surface area contributed by atoms with Crippen molar-refractivity contribution in [2.75, 3.05) is 24.4 Å². The molecule has 0 aliphatic rings. The molecular formula is C13H17ClN2O3S. The molecule has 0 saturated heterocycles. The predicted octanol–water partition coefficient (Wildman–Crippen LogP) is 3.25. The van der Waals surface area contributed by atoms with Gasteiger partial charge in [0.05, 0.1) is 16.3 Å². The average molecular weight is 317 g/mol. The zero-order valence-electron chi connectivity index (χ0n) is 11.5. The number of amides is 2. The molecule has 20 heavy (non-hydrogen) atoms. The van der Waals surface area contributed by atoms with Crippen molar-refractivity contribution in [3.8, 4) is 0 Å². The first kappa shape index (κ1) is 16.7. The van der Waals surface area contributed by atoms with E-state index >= 15 is 0 Å². The van der Waals surface area contributed by atoms with E-state index in [9.17, 15) is 9.59 Å². The Kier molecular flexibility index (Phi) is 6.16. The van der Waals surface area contributed by atoms with Gasteiger partial charge in [0.1, 0.15) is 0 Å². The van der Waals surface area contributed by atoms with E-state index in [4.69, 9.17) is 16.7 Å². The number of anilines is 1. The van der Waals surface area contributed by atoms with Crippen LogP contribution in [0, 0.1) is 0 Å². The Bertz CT molecular complexity index is 510. The van der Waals surface area contributed by atoms with Crippen molar-refractivity contribution in [3.63, 3.8) is 0 Å². The molecule has 7 heteroatoms. The van der Waals surface area contributed by atoms with Crippen LogP contribution in [0.15, 0.2) is 18.2 Å². The lowest BCUT2D eigenvalue weighted by Gasteiger charge is -2.24. The van der Waals surface area contributed by atoms with Crippen molar-refractivity contribution < 1.29 is 14.7 Å². The Labute approximate surface area is 127 Å². The second-order valence-corrected chi connectivity index (χ2v) is 5.66. The van der Waals surface area contributed by atoms with E-state index in [1.54, 1.807) is 23.7 Å². The van der Waals surface area contributed by atoms with Crippen molar-refractivity contribution in [2.24, 2.45) is 0 Å². The quantitative estimate of drug-likeness (QED) is 0.875. The molecule has 110 valence electrons. The molecule has 2 N–H and O–H groups in total. The molecule has 1 atom stereocenters. The second-order valence-electron chi connectivity index (χ2n) is 4.35. The fourth-order valence-electron chi connectivity index (χ4n) is 1.51. The minimum atomic E-state index is -1.07. The number of benzene rings is 1. The Hall–Kier alpha value is -1.40. The number of rotatable bonds is 5. The van der Waals surface area contributed by atoms with Crippen molar-refractivity contribution in [1.82, 2.24) is 4.90 Å². The number of carbonyl (C=O) groups is 2. The van der Waals surface area contributed by atoms with Crippen LogP contribution in [-0.2, 0) is 0 Å². The van der Waals surface area contributed by atoms with Crippen molar-refractivity contribution in [1.29, 1.82) is 0 Å². The van der Waals surface area contributed by atoms with E-state index in [1.807, 2.05) is 13.2 Å². The van der Waals surface area contributed by atoms with Crippen LogP contribution in [0.5, 0.6) is 0 Å². The molecule has 0 aliphatic heterocycles. The number of aromatic carboxylic acids is 1. The van der Waals surface area contributed by atoms with Gasteiger partial charge in [-0.2, -0.15) is 11.8 Å². The molecule has 1 unspecified atom stereocenters. The largest absolute Gasteiger partial charge is 0.478 e. The van der Waals surface area contributed by atoms with E-state index in [0.29, 0.717) is 10.7 Å². The van der Waals surface area contributed by atoms with E-state index in [0.717, 1.165) is 5.75 Å². The lowest BCUT2D eigenvalue weighted by atomic mass is 10.2. The lowest BCUT2D eigenvalue weighted by Crippen LogP contribution is -2.39. The maximum absolute atomic E-state index is 12.1. The standard InChI is InChI=1S/C13H17ClN2O3S/c1-8(7-20-3)16(2)13(19)15-11-6-9(12(17)18)4-5-10(11)14/h4-6,8H,7H2,1-3H3,(H,15,19)(H,17,18). The molecule has 5 nitrogen and oxygen atoms in total. The van der Waals surface area contributed by atoms with Crippen LogP contribution >= 0.6 is 23.4 Å². The van der Waals surface area contributed by atoms with Gasteiger partial charge >= 0.3 is 12.0 Å². The van der Waals surface area contributed by atoms with Gasteiger partial charge in [-0.25, -0.2) is 9.59 Å². The third-order valence-corrected chi connectivity index (χ3v) is 3.99. The summed E-state index contributed by atoms with van der Waals surface area (Å²) >= 11 is 7.61. The first-order valence-corrected chi connectivity index (χ1v) is 7.69. The smallest absolute Gasteiger partial charge is 0.335 e. The first-order chi connectivity index (χ1) is 9.36. The van der Waals surface area contributed by atoms with E-state index in [2.05, 4.69) is 5.32 Å². The molecule has 0 bridgehead atoms. The summed E-state index contributed by atoms with van der Waals surface area (Å²) in [5, 5.41) is 11.9. The summed E-state index contributed by atoms with van der Waals surface area (Å²) < 4.78 is 0. The molecule has 1 aromatic rings. The van der Waals surface area contributed by atoms with Crippen LogP contribution in [0.3, 0.4) is 0 Å². The highest BCUT2D eigenvalue weighted by Crippen LogP contribution is 2.23. The van der Waals surface area contributed by atoms with Crippen LogP contribution in [0.1, 0.15) is 17.3 Å². The normalized spacial score (nSPS) is 11.8. The van der Waals surface area contributed by atoms with E-state index < -0.39 is 5.97 Å². The number of nitrogens with zero attached hydrogens (tertiary/aromatic N) is 1. The van der Waals surface area contributed by atoms with Crippen LogP contribution in [0.4, 0.5) is 10.5 Å². The van der Waals surface area contributed by atoms with Crippen molar-refractivity contribution in [2.45, 2.75) is 13.0 Å². The van der Waals surface area contributed by atoms with Crippen LogP contribution in [0.2, 0.25) is 5.02 Å². The third-order valence-electron chi connectivity index (χ3n) is 2.84. The highest BCUT2D eigenvalue weighted by Gasteiger charge is 2.17. The number of halogens is 1. The van der Waals surface area contributed by atoms with Crippen molar-refractivity contribution >= 4 is 41.1 Å². The molecule has 0 saturated carbocycles. The molecule has 0 aromatic heterocycles. The summed E-state index contributed by atoms with van der Waals surface area (Å²) in [6.45, 7) is 1.94. The molecule has 2 amide bonds. The molecule has 1 aromatic carbocycles. The molecule has 0 fully saturated rings. The molecular weight excluding hydrogens is 300 g/mol. The fourth-order valence-corrected chi connectivity index (χ4v) is 2.38. The Morgan fingerprint density at radius 1 is 1.50 bits per heavy atom. The Morgan fingerprint density at radius 2 is 2.15 bits per heavy atom. The number of nitrogens with one attached hydrogen (secondary N) is 1. The summed E-state index contributed by atoms with van der Waals surface area (Å²) in [6, 6.07) is 3.92. The molecule has 0 heterocycles. The number of carboxylic acid groups (broad SMARTS) is 1. The van der Waals surface area contributed by atoms with Gasteiger partial charge in [0.25, 0.3) is 0 Å². The third kappa shape index (κ3) is 4.31. The summed E-state index contributed by atoms with van der Waals surface area (Å²) in [6.07, 6.45) is 1.97. The number of carbonyl (C=O) groups excluding carboxylic acids is 1. The predicted molar refractivity (Wildman–Crippen MR) is 83.0 cm³/mol. The Morgan fingerprint density at radius 3 is 2.70 bits per heavy atom. The maximum Gasteiger partial charge on any atom is 0.335 e. The molecule has 0 spiro atoms. The number of carboxylic acids is 1. The molecule has 0 aliphatic carbocycles. The van der Waals surface area contributed by atoms with Gasteiger partial charge in [-0.3, -0.25) is 0 Å². The summed E-state index contributed by atoms with van der Waals surface area (Å²) in [4.78, 5) is 24.5. The maximum atomic E-state index is 12.1. The van der Waals surface area contributed by atoms with Gasteiger partial charge in [0.2, 0.25) is 0 Å². The summed E-state index contributed by atoms with van der Waals surface area (Å²) in [5.74, 6) is -0.256. The summed E-state index contributed by atoms with van der Waals surface area (Å²) in [7, 11) is 1.69. The van der Waals surface area contributed by atoms with Gasteiger partial charge < -0.3 is 15.3 Å². The van der Waals surface area contributed by atoms with E-state index in [-0.39, 0.29) is 17.6 Å². The fraction of sp³-hybridized carbons (Fsp3) is 0.385. The monoisotopic (exact) mass is 316 g/mol. The molecule has 1 rings (SSSR count). The van der Waals surface area contributed by atoms with Gasteiger partial charge in [-0.1, -0.05) is 11.6 Å². The van der Waals surface area contributed by atoms with Crippen LogP contribution in [0.25, 0.3) is 0 Å². The van der Waals surface area contributed by atoms with Crippen LogP contribution in [-0.4, -0.2) is 47.1 Å². The zero-order chi connectivity index (χ0) is 15.3. The average Bonchev–Trinajstić information content (AvgIpc) is 2.40. The highest BCUT2D eigenvalue weighted by atomic mass is 35.5. The number of hydrogen-bond acceptors (Lipinski definition) is 3. The van der Waals surface area contributed by atoms with Crippen LogP contribution < -0.4 is 5.32 Å². The number of thioether (sulfide) groups is 1. The number of hydrogen-bond donors (Lipinski definition) is 2. The highest BCUT2D eigenvalue weighted by molar-refractivity contribution is 7.98. The summed E-state index contributed by atoms with van der Waals surface area (Å²) in [5.41, 5.74) is 0.365. The molecule has 0 radical (unpaired) electrons. The minimum Gasteiger partial charge on any atom is -0.478 e. The van der Waals surface area contributed by atoms with Gasteiger partial charge in [0.15, 0.2) is 0 Å².